The molecular formula is C10H21NS2. The zero-order chi connectivity index (χ0) is 9.36. The lowest BCUT2D eigenvalue weighted by molar-refractivity contribution is 0.476. The van der Waals surface area contributed by atoms with Crippen molar-refractivity contribution in [2.45, 2.75) is 31.7 Å². The van der Waals surface area contributed by atoms with E-state index in [1.165, 1.54) is 49.5 Å². The Labute approximate surface area is 90.8 Å². The standard InChI is InChI=1S/C10H21NS2/c1-12-7-3-2-6-11-10-4-8-13-9-5-10/h10-11H,2-9H2,1H3. The molecule has 0 aromatic rings. The summed E-state index contributed by atoms with van der Waals surface area (Å²) in [6.07, 6.45) is 7.67. The highest BCUT2D eigenvalue weighted by molar-refractivity contribution is 7.99. The Morgan fingerprint density at radius 2 is 2.08 bits per heavy atom. The average Bonchev–Trinajstić information content (AvgIpc) is 2.19. The normalized spacial score (nSPS) is 19.2. The molecule has 0 bridgehead atoms. The molecule has 0 spiro atoms. The van der Waals surface area contributed by atoms with Gasteiger partial charge in [-0.25, -0.2) is 0 Å². The van der Waals surface area contributed by atoms with Gasteiger partial charge in [-0.1, -0.05) is 0 Å². The van der Waals surface area contributed by atoms with Crippen LogP contribution in [0.5, 0.6) is 0 Å². The highest BCUT2D eigenvalue weighted by atomic mass is 32.2. The number of nitrogens with one attached hydrogen (secondary N) is 1. The van der Waals surface area contributed by atoms with Crippen LogP contribution in [0.25, 0.3) is 0 Å². The predicted octanol–water partition coefficient (Wildman–Crippen LogP) is 2.61. The summed E-state index contributed by atoms with van der Waals surface area (Å²) in [5.74, 6) is 4.05. The average molecular weight is 219 g/mol. The monoisotopic (exact) mass is 219 g/mol. The van der Waals surface area contributed by atoms with Crippen LogP contribution in [0, 0.1) is 0 Å². The van der Waals surface area contributed by atoms with E-state index in [9.17, 15) is 0 Å². The predicted molar refractivity (Wildman–Crippen MR) is 66.0 cm³/mol. The molecule has 78 valence electrons. The molecule has 1 heterocycles. The molecule has 0 aliphatic carbocycles. The minimum absolute atomic E-state index is 0.829. The van der Waals surface area contributed by atoms with E-state index in [0.29, 0.717) is 0 Å². The Morgan fingerprint density at radius 1 is 1.31 bits per heavy atom. The molecule has 1 fully saturated rings. The first-order chi connectivity index (χ1) is 6.43. The van der Waals surface area contributed by atoms with E-state index in [2.05, 4.69) is 23.3 Å². The summed E-state index contributed by atoms with van der Waals surface area (Å²) in [6, 6.07) is 0.829. The molecule has 0 saturated carbocycles. The van der Waals surface area contributed by atoms with Crippen LogP contribution in [0.15, 0.2) is 0 Å². The molecule has 0 atom stereocenters. The van der Waals surface area contributed by atoms with Crippen molar-refractivity contribution < 1.29 is 0 Å². The smallest absolute Gasteiger partial charge is 0.00827 e. The molecule has 0 unspecified atom stereocenters. The Balaban J connectivity index is 1.86. The van der Waals surface area contributed by atoms with Gasteiger partial charge in [-0.2, -0.15) is 23.5 Å². The summed E-state index contributed by atoms with van der Waals surface area (Å²) in [5.41, 5.74) is 0. The van der Waals surface area contributed by atoms with Gasteiger partial charge in [-0.15, -0.1) is 0 Å². The van der Waals surface area contributed by atoms with E-state index in [4.69, 9.17) is 0 Å². The number of thioether (sulfide) groups is 2. The fraction of sp³-hybridized carbons (Fsp3) is 1.00. The maximum Gasteiger partial charge on any atom is 0.00827 e. The lowest BCUT2D eigenvalue weighted by Gasteiger charge is -2.22. The molecule has 1 rings (SSSR count). The van der Waals surface area contributed by atoms with E-state index in [1.807, 2.05) is 11.8 Å². The highest BCUT2D eigenvalue weighted by Crippen LogP contribution is 2.16. The molecule has 1 nitrogen and oxygen atoms in total. The van der Waals surface area contributed by atoms with Gasteiger partial charge in [0.1, 0.15) is 0 Å². The van der Waals surface area contributed by atoms with Gasteiger partial charge in [0.05, 0.1) is 0 Å². The van der Waals surface area contributed by atoms with Gasteiger partial charge in [-0.3, -0.25) is 0 Å². The van der Waals surface area contributed by atoms with Crippen LogP contribution >= 0.6 is 23.5 Å². The van der Waals surface area contributed by atoms with Crippen molar-refractivity contribution in [2.24, 2.45) is 0 Å². The van der Waals surface area contributed by atoms with Gasteiger partial charge in [0.15, 0.2) is 0 Å². The second-order valence-corrected chi connectivity index (χ2v) is 5.75. The van der Waals surface area contributed by atoms with Crippen LogP contribution in [-0.2, 0) is 0 Å². The molecule has 3 heteroatoms. The van der Waals surface area contributed by atoms with Gasteiger partial charge in [0.2, 0.25) is 0 Å². The second-order valence-electron chi connectivity index (χ2n) is 3.54. The number of hydrogen-bond donors (Lipinski definition) is 1. The van der Waals surface area contributed by atoms with Gasteiger partial charge < -0.3 is 5.32 Å². The third kappa shape index (κ3) is 5.87. The molecular weight excluding hydrogens is 198 g/mol. The highest BCUT2D eigenvalue weighted by Gasteiger charge is 2.11. The van der Waals surface area contributed by atoms with Crippen LogP contribution in [0.3, 0.4) is 0 Å². The maximum atomic E-state index is 3.66. The fourth-order valence-corrected chi connectivity index (χ4v) is 3.18. The molecule has 13 heavy (non-hydrogen) atoms. The lowest BCUT2D eigenvalue weighted by Crippen LogP contribution is -2.33. The third-order valence-electron chi connectivity index (χ3n) is 2.43. The number of hydrogen-bond acceptors (Lipinski definition) is 3. The first kappa shape index (κ1) is 11.7. The zero-order valence-corrected chi connectivity index (χ0v) is 10.2. The molecule has 0 aromatic heterocycles. The van der Waals surface area contributed by atoms with Crippen LogP contribution in [0.1, 0.15) is 25.7 Å². The van der Waals surface area contributed by atoms with Gasteiger partial charge >= 0.3 is 0 Å². The zero-order valence-electron chi connectivity index (χ0n) is 8.55. The summed E-state index contributed by atoms with van der Waals surface area (Å²) in [5, 5.41) is 3.66. The molecule has 1 aliphatic rings. The van der Waals surface area contributed by atoms with Crippen LogP contribution in [-0.4, -0.2) is 36.1 Å². The van der Waals surface area contributed by atoms with E-state index in [0.717, 1.165) is 6.04 Å². The number of unbranched alkanes of at least 4 members (excludes halogenated alkanes) is 1. The minimum atomic E-state index is 0.829. The largest absolute Gasteiger partial charge is 0.314 e. The molecule has 1 N–H and O–H groups in total. The minimum Gasteiger partial charge on any atom is -0.314 e. The molecule has 0 radical (unpaired) electrons. The lowest BCUT2D eigenvalue weighted by atomic mass is 10.1. The van der Waals surface area contributed by atoms with E-state index in [-0.39, 0.29) is 0 Å². The third-order valence-corrected chi connectivity index (χ3v) is 4.18. The van der Waals surface area contributed by atoms with Crippen molar-refractivity contribution in [3.8, 4) is 0 Å². The van der Waals surface area contributed by atoms with Gasteiger partial charge in [0, 0.05) is 6.04 Å². The first-order valence-electron chi connectivity index (χ1n) is 5.23. The summed E-state index contributed by atoms with van der Waals surface area (Å²) >= 11 is 4.06. The summed E-state index contributed by atoms with van der Waals surface area (Å²) in [6.45, 7) is 1.23. The van der Waals surface area contributed by atoms with Gasteiger partial charge in [0.25, 0.3) is 0 Å². The van der Waals surface area contributed by atoms with E-state index >= 15 is 0 Å². The first-order valence-corrected chi connectivity index (χ1v) is 7.78. The van der Waals surface area contributed by atoms with Crippen molar-refractivity contribution >= 4 is 23.5 Å². The van der Waals surface area contributed by atoms with Crippen LogP contribution < -0.4 is 5.32 Å². The quantitative estimate of drug-likeness (QED) is 0.690. The van der Waals surface area contributed by atoms with Crippen molar-refractivity contribution in [1.29, 1.82) is 0 Å². The van der Waals surface area contributed by atoms with Gasteiger partial charge in [-0.05, 0) is 55.7 Å². The summed E-state index contributed by atoms with van der Waals surface area (Å²) < 4.78 is 0. The van der Waals surface area contributed by atoms with Crippen molar-refractivity contribution in [1.82, 2.24) is 5.32 Å². The van der Waals surface area contributed by atoms with Crippen molar-refractivity contribution in [2.75, 3.05) is 30.1 Å². The molecule has 1 saturated heterocycles. The Morgan fingerprint density at radius 3 is 2.77 bits per heavy atom. The van der Waals surface area contributed by atoms with Crippen LogP contribution in [0.2, 0.25) is 0 Å². The molecule has 0 aromatic carbocycles. The van der Waals surface area contributed by atoms with E-state index in [1.54, 1.807) is 0 Å². The van der Waals surface area contributed by atoms with Crippen molar-refractivity contribution in [3.63, 3.8) is 0 Å². The maximum absolute atomic E-state index is 3.66. The fourth-order valence-electron chi connectivity index (χ4n) is 1.58. The molecule has 1 aliphatic heterocycles. The van der Waals surface area contributed by atoms with E-state index < -0.39 is 0 Å². The van der Waals surface area contributed by atoms with Crippen LogP contribution in [0.4, 0.5) is 0 Å². The Hall–Kier alpha value is 0.660. The number of rotatable bonds is 6. The van der Waals surface area contributed by atoms with Crippen molar-refractivity contribution in [3.05, 3.63) is 0 Å². The second kappa shape index (κ2) is 8.01. The Kier molecular flexibility index (Phi) is 7.23. The Bertz CT molecular complexity index is 113. The SMILES string of the molecule is CSCCCCNC1CCSCC1. The molecule has 0 amide bonds. The summed E-state index contributed by atoms with van der Waals surface area (Å²) in [4.78, 5) is 0. The topological polar surface area (TPSA) is 12.0 Å². The summed E-state index contributed by atoms with van der Waals surface area (Å²) in [7, 11) is 0.